The average Bonchev–Trinajstić information content (AvgIpc) is 2.34. The van der Waals surface area contributed by atoms with Crippen LogP contribution in [0.15, 0.2) is 16.5 Å². The first-order valence-electron chi connectivity index (χ1n) is 3.16. The van der Waals surface area contributed by atoms with E-state index in [0.717, 1.165) is 0 Å². The van der Waals surface area contributed by atoms with E-state index in [9.17, 15) is 4.79 Å². The summed E-state index contributed by atoms with van der Waals surface area (Å²) in [5.74, 6) is -0.133. The molecule has 0 aliphatic rings. The minimum Gasteiger partial charge on any atom is -0.480 e. The van der Waals surface area contributed by atoms with Gasteiger partial charge in [0.1, 0.15) is 11.5 Å². The molecule has 1 rings (SSSR count). The maximum atomic E-state index is 10.3. The zero-order valence-electron chi connectivity index (χ0n) is 6.07. The van der Waals surface area contributed by atoms with Gasteiger partial charge in [0.05, 0.1) is 0 Å². The minimum absolute atomic E-state index is 0.287. The highest BCUT2D eigenvalue weighted by molar-refractivity contribution is 5.74. The maximum Gasteiger partial charge on any atom is 0.328 e. The van der Waals surface area contributed by atoms with Crippen LogP contribution in [-0.4, -0.2) is 11.1 Å². The van der Waals surface area contributed by atoms with Gasteiger partial charge >= 0.3 is 5.97 Å². The van der Waals surface area contributed by atoms with Crippen LogP contribution in [0.4, 0.5) is 0 Å². The van der Waals surface area contributed by atoms with Crippen LogP contribution in [0.5, 0.6) is 0 Å². The van der Waals surface area contributed by atoms with E-state index in [0.29, 0.717) is 5.76 Å². The van der Waals surface area contributed by atoms with Crippen LogP contribution < -0.4 is 5.73 Å². The standard InChI is InChI=1S/C7H9NO3/c1-4-2-3-5(11-4)6(8)7(9)10/h2-3,6H,8H2,1H3,(H,9,10). The predicted octanol–water partition coefficient (Wildman–Crippen LogP) is 0.672. The maximum absolute atomic E-state index is 10.3. The van der Waals surface area contributed by atoms with E-state index in [-0.39, 0.29) is 5.76 Å². The number of hydrogen-bond donors (Lipinski definition) is 2. The number of hydrogen-bond acceptors (Lipinski definition) is 3. The number of aliphatic carboxylic acids is 1. The molecule has 0 aliphatic heterocycles. The van der Waals surface area contributed by atoms with E-state index in [2.05, 4.69) is 0 Å². The van der Waals surface area contributed by atoms with Crippen molar-refractivity contribution >= 4 is 5.97 Å². The molecule has 1 heterocycles. The topological polar surface area (TPSA) is 76.5 Å². The Morgan fingerprint density at radius 1 is 1.73 bits per heavy atom. The van der Waals surface area contributed by atoms with E-state index >= 15 is 0 Å². The summed E-state index contributed by atoms with van der Waals surface area (Å²) in [5.41, 5.74) is 5.26. The van der Waals surface area contributed by atoms with Crippen LogP contribution in [0.1, 0.15) is 17.6 Å². The molecule has 0 radical (unpaired) electrons. The Bertz CT molecular complexity index is 266. The number of furan rings is 1. The van der Waals surface area contributed by atoms with Crippen molar-refractivity contribution < 1.29 is 14.3 Å². The molecule has 1 aromatic rings. The third kappa shape index (κ3) is 1.59. The summed E-state index contributed by atoms with van der Waals surface area (Å²) >= 11 is 0. The number of carboxylic acid groups (broad SMARTS) is 1. The second kappa shape index (κ2) is 2.75. The molecular weight excluding hydrogens is 146 g/mol. The van der Waals surface area contributed by atoms with Crippen LogP contribution >= 0.6 is 0 Å². The molecule has 4 nitrogen and oxygen atoms in total. The second-order valence-electron chi connectivity index (χ2n) is 2.26. The third-order valence-corrected chi connectivity index (χ3v) is 1.33. The molecule has 1 atom stereocenters. The summed E-state index contributed by atoms with van der Waals surface area (Å²) < 4.78 is 5.00. The molecule has 60 valence electrons. The predicted molar refractivity (Wildman–Crippen MR) is 38.0 cm³/mol. The summed E-state index contributed by atoms with van der Waals surface area (Å²) in [6.45, 7) is 1.73. The number of rotatable bonds is 2. The zero-order chi connectivity index (χ0) is 8.43. The fraction of sp³-hybridized carbons (Fsp3) is 0.286. The monoisotopic (exact) mass is 155 g/mol. The smallest absolute Gasteiger partial charge is 0.328 e. The van der Waals surface area contributed by atoms with Gasteiger partial charge in [-0.2, -0.15) is 0 Å². The normalized spacial score (nSPS) is 12.9. The summed E-state index contributed by atoms with van der Waals surface area (Å²) in [6.07, 6.45) is 0. The first-order chi connectivity index (χ1) is 5.11. The van der Waals surface area contributed by atoms with Crippen molar-refractivity contribution in [2.75, 3.05) is 0 Å². The lowest BCUT2D eigenvalue weighted by atomic mass is 10.2. The molecule has 0 aromatic carbocycles. The van der Waals surface area contributed by atoms with Gasteiger partial charge in [-0.25, -0.2) is 0 Å². The molecular formula is C7H9NO3. The highest BCUT2D eigenvalue weighted by atomic mass is 16.4. The number of nitrogens with two attached hydrogens (primary N) is 1. The van der Waals surface area contributed by atoms with Gasteiger partial charge in [0.2, 0.25) is 0 Å². The first-order valence-corrected chi connectivity index (χ1v) is 3.16. The van der Waals surface area contributed by atoms with Gasteiger partial charge in [0.25, 0.3) is 0 Å². The Labute approximate surface area is 63.6 Å². The molecule has 1 aromatic heterocycles. The molecule has 3 N–H and O–H groups in total. The largest absolute Gasteiger partial charge is 0.480 e. The Kier molecular flexibility index (Phi) is 1.96. The Hall–Kier alpha value is -1.29. The highest BCUT2D eigenvalue weighted by Gasteiger charge is 2.16. The Morgan fingerprint density at radius 2 is 2.36 bits per heavy atom. The van der Waals surface area contributed by atoms with Crippen molar-refractivity contribution in [3.05, 3.63) is 23.7 Å². The van der Waals surface area contributed by atoms with E-state index in [1.807, 2.05) is 0 Å². The zero-order valence-corrected chi connectivity index (χ0v) is 6.07. The number of aryl methyl sites for hydroxylation is 1. The van der Waals surface area contributed by atoms with Crippen molar-refractivity contribution in [1.29, 1.82) is 0 Å². The van der Waals surface area contributed by atoms with Gasteiger partial charge < -0.3 is 15.3 Å². The quantitative estimate of drug-likeness (QED) is 0.658. The molecule has 0 aliphatic carbocycles. The lowest BCUT2D eigenvalue weighted by Crippen LogP contribution is -2.19. The molecule has 0 saturated carbocycles. The van der Waals surface area contributed by atoms with Crippen molar-refractivity contribution in [3.8, 4) is 0 Å². The van der Waals surface area contributed by atoms with E-state index in [4.69, 9.17) is 15.3 Å². The SMILES string of the molecule is Cc1ccc(C(N)C(=O)O)o1. The van der Waals surface area contributed by atoms with E-state index in [1.165, 1.54) is 0 Å². The van der Waals surface area contributed by atoms with Gasteiger partial charge in [-0.1, -0.05) is 0 Å². The average molecular weight is 155 g/mol. The fourth-order valence-electron chi connectivity index (χ4n) is 0.742. The van der Waals surface area contributed by atoms with Gasteiger partial charge in [0, 0.05) is 0 Å². The molecule has 4 heteroatoms. The van der Waals surface area contributed by atoms with Crippen molar-refractivity contribution in [3.63, 3.8) is 0 Å². The number of carboxylic acids is 1. The highest BCUT2D eigenvalue weighted by Crippen LogP contribution is 2.13. The van der Waals surface area contributed by atoms with Crippen LogP contribution in [-0.2, 0) is 4.79 Å². The fourth-order valence-corrected chi connectivity index (χ4v) is 0.742. The molecule has 0 spiro atoms. The first kappa shape index (κ1) is 7.81. The molecule has 1 unspecified atom stereocenters. The van der Waals surface area contributed by atoms with Crippen LogP contribution in [0, 0.1) is 6.92 Å². The molecule has 0 bridgehead atoms. The molecule has 0 amide bonds. The van der Waals surface area contributed by atoms with Crippen LogP contribution in [0.25, 0.3) is 0 Å². The molecule has 0 fully saturated rings. The van der Waals surface area contributed by atoms with Crippen LogP contribution in [0.2, 0.25) is 0 Å². The van der Waals surface area contributed by atoms with E-state index < -0.39 is 12.0 Å². The summed E-state index contributed by atoms with van der Waals surface area (Å²) in [6, 6.07) is 2.19. The van der Waals surface area contributed by atoms with Gasteiger partial charge in [-0.05, 0) is 19.1 Å². The van der Waals surface area contributed by atoms with Gasteiger partial charge in [-0.3, -0.25) is 4.79 Å². The summed E-state index contributed by atoms with van der Waals surface area (Å²) in [5, 5.41) is 8.46. The second-order valence-corrected chi connectivity index (χ2v) is 2.26. The Balaban J connectivity index is 2.84. The van der Waals surface area contributed by atoms with Crippen molar-refractivity contribution in [2.24, 2.45) is 5.73 Å². The van der Waals surface area contributed by atoms with E-state index in [1.54, 1.807) is 19.1 Å². The van der Waals surface area contributed by atoms with Crippen molar-refractivity contribution in [2.45, 2.75) is 13.0 Å². The summed E-state index contributed by atoms with van der Waals surface area (Å²) in [4.78, 5) is 10.3. The van der Waals surface area contributed by atoms with Gasteiger partial charge in [-0.15, -0.1) is 0 Å². The molecule has 0 saturated heterocycles. The molecule has 11 heavy (non-hydrogen) atoms. The third-order valence-electron chi connectivity index (χ3n) is 1.33. The van der Waals surface area contributed by atoms with Crippen LogP contribution in [0.3, 0.4) is 0 Å². The number of carbonyl (C=O) groups is 1. The lowest BCUT2D eigenvalue weighted by Gasteiger charge is -2.00. The lowest BCUT2D eigenvalue weighted by molar-refractivity contribution is -0.139. The summed E-state index contributed by atoms with van der Waals surface area (Å²) in [7, 11) is 0. The van der Waals surface area contributed by atoms with Gasteiger partial charge in [0.15, 0.2) is 6.04 Å². The Morgan fingerprint density at radius 3 is 2.73 bits per heavy atom. The minimum atomic E-state index is -1.08. The van der Waals surface area contributed by atoms with Crippen molar-refractivity contribution in [1.82, 2.24) is 0 Å².